The van der Waals surface area contributed by atoms with Crippen LogP contribution < -0.4 is 0 Å². The van der Waals surface area contributed by atoms with E-state index in [1.54, 1.807) is 13.8 Å². The average molecular weight is 258 g/mol. The Labute approximate surface area is 105 Å². The van der Waals surface area contributed by atoms with Crippen molar-refractivity contribution in [2.24, 2.45) is 0 Å². The van der Waals surface area contributed by atoms with Gasteiger partial charge in [0.2, 0.25) is 5.78 Å². The summed E-state index contributed by atoms with van der Waals surface area (Å²) >= 11 is 0. The summed E-state index contributed by atoms with van der Waals surface area (Å²) in [6.07, 6.45) is -0.574. The summed E-state index contributed by atoms with van der Waals surface area (Å²) < 4.78 is 27.8. The fourth-order valence-electron chi connectivity index (χ4n) is 2.52. The van der Waals surface area contributed by atoms with Crippen LogP contribution in [-0.2, 0) is 28.5 Å². The second kappa shape index (κ2) is 3.98. The number of hydrogen-bond donors (Lipinski definition) is 0. The molecule has 0 aromatic rings. The molecule has 3 saturated heterocycles. The summed E-state index contributed by atoms with van der Waals surface area (Å²) in [7, 11) is 0. The maximum absolute atomic E-state index is 12.4. The first-order chi connectivity index (χ1) is 8.46. The van der Waals surface area contributed by atoms with Crippen molar-refractivity contribution in [3.05, 3.63) is 0 Å². The van der Waals surface area contributed by atoms with Crippen LogP contribution in [0, 0.1) is 0 Å². The van der Waals surface area contributed by atoms with Crippen LogP contribution in [0.1, 0.15) is 27.2 Å². The Balaban J connectivity index is 1.80. The average Bonchev–Trinajstić information content (AvgIpc) is 2.87. The molecule has 6 heteroatoms. The normalized spacial score (nSPS) is 46.6. The Morgan fingerprint density at radius 1 is 1.28 bits per heavy atom. The first-order valence-corrected chi connectivity index (χ1v) is 6.29. The molecule has 1 spiro atoms. The highest BCUT2D eigenvalue weighted by Crippen LogP contribution is 2.39. The molecule has 3 heterocycles. The fraction of sp³-hybridized carbons (Fsp3) is 0.917. The lowest BCUT2D eigenvalue weighted by molar-refractivity contribution is -0.263. The smallest absolute Gasteiger partial charge is 0.258 e. The zero-order valence-electron chi connectivity index (χ0n) is 10.8. The predicted molar refractivity (Wildman–Crippen MR) is 58.6 cm³/mol. The SMILES string of the molecule is CCC1O[C@@H]2CO[C@]3(COC(C)(C)O3)C(=O)[C@@H]2O1. The molecule has 0 aliphatic carbocycles. The summed E-state index contributed by atoms with van der Waals surface area (Å²) in [6.45, 7) is 5.84. The van der Waals surface area contributed by atoms with Crippen molar-refractivity contribution in [2.45, 2.75) is 57.3 Å². The van der Waals surface area contributed by atoms with Crippen molar-refractivity contribution < 1.29 is 28.5 Å². The van der Waals surface area contributed by atoms with Gasteiger partial charge in [-0.25, -0.2) is 0 Å². The highest BCUT2D eigenvalue weighted by molar-refractivity contribution is 5.92. The molecule has 4 atom stereocenters. The minimum absolute atomic E-state index is 0.0994. The first-order valence-electron chi connectivity index (χ1n) is 6.29. The zero-order chi connectivity index (χ0) is 13.0. The minimum atomic E-state index is -1.32. The van der Waals surface area contributed by atoms with Gasteiger partial charge in [-0.3, -0.25) is 4.79 Å². The van der Waals surface area contributed by atoms with Crippen LogP contribution in [0.3, 0.4) is 0 Å². The van der Waals surface area contributed by atoms with Crippen molar-refractivity contribution in [1.82, 2.24) is 0 Å². The number of carbonyl (C=O) groups is 1. The van der Waals surface area contributed by atoms with Crippen LogP contribution in [0.5, 0.6) is 0 Å². The van der Waals surface area contributed by atoms with E-state index in [0.29, 0.717) is 6.42 Å². The first kappa shape index (κ1) is 12.5. The third-order valence-corrected chi connectivity index (χ3v) is 3.43. The minimum Gasteiger partial charge on any atom is -0.344 e. The van der Waals surface area contributed by atoms with E-state index in [9.17, 15) is 4.79 Å². The summed E-state index contributed by atoms with van der Waals surface area (Å²) in [5.74, 6) is -2.37. The third-order valence-electron chi connectivity index (χ3n) is 3.43. The quantitative estimate of drug-likeness (QED) is 0.685. The molecule has 0 radical (unpaired) electrons. The van der Waals surface area contributed by atoms with Crippen molar-refractivity contribution in [3.8, 4) is 0 Å². The number of fused-ring (bicyclic) bond motifs is 1. The topological polar surface area (TPSA) is 63.2 Å². The molecule has 18 heavy (non-hydrogen) atoms. The fourth-order valence-corrected chi connectivity index (χ4v) is 2.52. The summed E-state index contributed by atoms with van der Waals surface area (Å²) in [6, 6.07) is 0. The van der Waals surface area contributed by atoms with Gasteiger partial charge in [-0.1, -0.05) is 6.92 Å². The van der Waals surface area contributed by atoms with Crippen LogP contribution in [0.15, 0.2) is 0 Å². The van der Waals surface area contributed by atoms with Gasteiger partial charge in [0.1, 0.15) is 12.7 Å². The Hall–Kier alpha value is -0.530. The van der Waals surface area contributed by atoms with E-state index in [4.69, 9.17) is 23.7 Å². The van der Waals surface area contributed by atoms with E-state index in [2.05, 4.69) is 0 Å². The molecule has 0 amide bonds. The van der Waals surface area contributed by atoms with E-state index in [-0.39, 0.29) is 31.4 Å². The predicted octanol–water partition coefficient (Wildman–Crippen LogP) is 0.585. The molecule has 3 rings (SSSR count). The van der Waals surface area contributed by atoms with E-state index in [0.717, 1.165) is 0 Å². The highest BCUT2D eigenvalue weighted by atomic mass is 16.8. The number of carbonyl (C=O) groups excluding carboxylic acids is 1. The van der Waals surface area contributed by atoms with Crippen LogP contribution in [0.25, 0.3) is 0 Å². The van der Waals surface area contributed by atoms with Crippen molar-refractivity contribution in [3.63, 3.8) is 0 Å². The van der Waals surface area contributed by atoms with Gasteiger partial charge in [-0.2, -0.15) is 0 Å². The van der Waals surface area contributed by atoms with E-state index in [1.807, 2.05) is 6.92 Å². The number of Topliss-reactive ketones (excluding diaryl/α,β-unsaturated/α-hetero) is 1. The molecule has 102 valence electrons. The second-order valence-electron chi connectivity index (χ2n) is 5.29. The molecule has 0 saturated carbocycles. The summed E-state index contributed by atoms with van der Waals surface area (Å²) in [5.41, 5.74) is 0. The molecule has 3 aliphatic rings. The van der Waals surface area contributed by atoms with Gasteiger partial charge in [-0.05, 0) is 20.3 Å². The monoisotopic (exact) mass is 258 g/mol. The van der Waals surface area contributed by atoms with Gasteiger partial charge in [0.05, 0.1) is 6.61 Å². The van der Waals surface area contributed by atoms with Gasteiger partial charge < -0.3 is 23.7 Å². The van der Waals surface area contributed by atoms with Gasteiger partial charge in [0.25, 0.3) is 5.79 Å². The van der Waals surface area contributed by atoms with Crippen LogP contribution >= 0.6 is 0 Å². The lowest BCUT2D eigenvalue weighted by atomic mass is 9.99. The molecule has 0 aromatic heterocycles. The number of ketones is 1. The summed E-state index contributed by atoms with van der Waals surface area (Å²) in [4.78, 5) is 12.4. The van der Waals surface area contributed by atoms with Gasteiger partial charge in [0.15, 0.2) is 18.2 Å². The Morgan fingerprint density at radius 2 is 2.06 bits per heavy atom. The van der Waals surface area contributed by atoms with Crippen molar-refractivity contribution in [1.29, 1.82) is 0 Å². The number of ether oxygens (including phenoxy) is 5. The molecule has 3 fully saturated rings. The lowest BCUT2D eigenvalue weighted by Gasteiger charge is -2.35. The standard InChI is InChI=1S/C12H18O6/c1-4-8-16-7-5-14-12(10(13)9(7)17-8)6-15-11(2,3)18-12/h7-9H,4-6H2,1-3H3/t7-,8?,9-,12+/m1/s1. The molecular formula is C12H18O6. The van der Waals surface area contributed by atoms with Crippen molar-refractivity contribution in [2.75, 3.05) is 13.2 Å². The van der Waals surface area contributed by atoms with E-state index in [1.165, 1.54) is 0 Å². The lowest BCUT2D eigenvalue weighted by Crippen LogP contribution is -2.58. The molecule has 1 unspecified atom stereocenters. The van der Waals surface area contributed by atoms with Gasteiger partial charge in [-0.15, -0.1) is 0 Å². The molecule has 0 N–H and O–H groups in total. The molecule has 0 bridgehead atoms. The van der Waals surface area contributed by atoms with E-state index >= 15 is 0 Å². The second-order valence-corrected chi connectivity index (χ2v) is 5.29. The Morgan fingerprint density at radius 3 is 2.67 bits per heavy atom. The van der Waals surface area contributed by atoms with Crippen LogP contribution in [-0.4, -0.2) is 49.1 Å². The summed E-state index contributed by atoms with van der Waals surface area (Å²) in [5, 5.41) is 0. The van der Waals surface area contributed by atoms with Gasteiger partial charge >= 0.3 is 0 Å². The van der Waals surface area contributed by atoms with E-state index < -0.39 is 17.7 Å². The third kappa shape index (κ3) is 1.80. The molecular weight excluding hydrogens is 240 g/mol. The maximum atomic E-state index is 12.4. The molecule has 6 nitrogen and oxygen atoms in total. The maximum Gasteiger partial charge on any atom is 0.258 e. The van der Waals surface area contributed by atoms with Crippen molar-refractivity contribution >= 4 is 5.78 Å². The number of hydrogen-bond acceptors (Lipinski definition) is 6. The van der Waals surface area contributed by atoms with Crippen LogP contribution in [0.2, 0.25) is 0 Å². The molecule has 3 aliphatic heterocycles. The molecule has 0 aromatic carbocycles. The van der Waals surface area contributed by atoms with Gasteiger partial charge in [0, 0.05) is 0 Å². The number of rotatable bonds is 1. The Kier molecular flexibility index (Phi) is 2.76. The zero-order valence-corrected chi connectivity index (χ0v) is 10.8. The van der Waals surface area contributed by atoms with Crippen LogP contribution in [0.4, 0.5) is 0 Å². The Bertz CT molecular complexity index is 368. The largest absolute Gasteiger partial charge is 0.344 e. The highest BCUT2D eigenvalue weighted by Gasteiger charge is 2.61.